The van der Waals surface area contributed by atoms with E-state index in [0.717, 1.165) is 19.5 Å². The first-order chi connectivity index (χ1) is 7.74. The van der Waals surface area contributed by atoms with Gasteiger partial charge >= 0.3 is 0 Å². The average molecular weight is 239 g/mol. The third kappa shape index (κ3) is 3.30. The molecular weight excluding hydrogens is 222 g/mol. The molecule has 0 spiro atoms. The molecule has 88 valence electrons. The monoisotopic (exact) mass is 239 g/mol. The molecular formula is C11H17N3OS. The Morgan fingerprint density at radius 2 is 2.56 bits per heavy atom. The van der Waals surface area contributed by atoms with Gasteiger partial charge in [-0.3, -0.25) is 9.69 Å². The van der Waals surface area contributed by atoms with Crippen LogP contribution in [0.25, 0.3) is 0 Å². The number of nitrogens with one attached hydrogen (secondary N) is 1. The summed E-state index contributed by atoms with van der Waals surface area (Å²) in [5.74, 6) is 0.0856. The zero-order valence-electron chi connectivity index (χ0n) is 9.19. The highest BCUT2D eigenvalue weighted by atomic mass is 32.1. The van der Waals surface area contributed by atoms with E-state index in [2.05, 4.69) is 10.2 Å². The number of carbonyl (C=O) groups excluding carboxylic acids is 1. The Labute approximate surface area is 99.4 Å². The van der Waals surface area contributed by atoms with Gasteiger partial charge in [-0.1, -0.05) is 6.07 Å². The van der Waals surface area contributed by atoms with Crippen LogP contribution in [0.15, 0.2) is 17.5 Å². The van der Waals surface area contributed by atoms with Crippen LogP contribution < -0.4 is 11.1 Å². The molecule has 2 heterocycles. The first-order valence-electron chi connectivity index (χ1n) is 5.51. The lowest BCUT2D eigenvalue weighted by Gasteiger charge is -2.14. The fourth-order valence-corrected chi connectivity index (χ4v) is 2.51. The van der Waals surface area contributed by atoms with Crippen molar-refractivity contribution in [3.63, 3.8) is 0 Å². The van der Waals surface area contributed by atoms with Crippen LogP contribution in [-0.4, -0.2) is 36.5 Å². The average Bonchev–Trinajstić information content (AvgIpc) is 2.87. The Balaban J connectivity index is 1.68. The maximum absolute atomic E-state index is 11.6. The Kier molecular flexibility index (Phi) is 3.93. The standard InChI is InChI=1S/C11H17N3OS/c12-9-3-4-14(7-9)8-11(15)13-6-10-2-1-5-16-10/h1-2,5,9H,3-4,6-8,12H2,(H,13,15)/t9-/m1/s1. The number of hydrogen-bond donors (Lipinski definition) is 2. The van der Waals surface area contributed by atoms with Crippen molar-refractivity contribution in [2.24, 2.45) is 5.73 Å². The summed E-state index contributed by atoms with van der Waals surface area (Å²) >= 11 is 1.66. The van der Waals surface area contributed by atoms with E-state index in [4.69, 9.17) is 5.73 Å². The predicted molar refractivity (Wildman–Crippen MR) is 65.2 cm³/mol. The molecule has 0 unspecified atom stereocenters. The number of hydrogen-bond acceptors (Lipinski definition) is 4. The number of rotatable bonds is 4. The molecule has 1 aromatic heterocycles. The molecule has 0 saturated carbocycles. The highest BCUT2D eigenvalue weighted by molar-refractivity contribution is 7.09. The third-order valence-electron chi connectivity index (χ3n) is 2.72. The van der Waals surface area contributed by atoms with Crippen molar-refractivity contribution >= 4 is 17.2 Å². The van der Waals surface area contributed by atoms with Gasteiger partial charge in [0.15, 0.2) is 0 Å². The fraction of sp³-hybridized carbons (Fsp3) is 0.545. The quantitative estimate of drug-likeness (QED) is 0.799. The zero-order chi connectivity index (χ0) is 11.4. The maximum atomic E-state index is 11.6. The van der Waals surface area contributed by atoms with Gasteiger partial charge in [0.2, 0.25) is 5.91 Å². The molecule has 0 bridgehead atoms. The van der Waals surface area contributed by atoms with E-state index in [0.29, 0.717) is 13.1 Å². The van der Waals surface area contributed by atoms with Crippen LogP contribution in [0.2, 0.25) is 0 Å². The predicted octanol–water partition coefficient (Wildman–Crippen LogP) is 0.397. The topological polar surface area (TPSA) is 58.4 Å². The first kappa shape index (κ1) is 11.6. The number of carbonyl (C=O) groups is 1. The number of likely N-dealkylation sites (tertiary alicyclic amines) is 1. The molecule has 1 amide bonds. The largest absolute Gasteiger partial charge is 0.350 e. The molecule has 0 radical (unpaired) electrons. The summed E-state index contributed by atoms with van der Waals surface area (Å²) < 4.78 is 0. The molecule has 1 aliphatic heterocycles. The normalized spacial score (nSPS) is 21.2. The zero-order valence-corrected chi connectivity index (χ0v) is 10.0. The van der Waals surface area contributed by atoms with Crippen LogP contribution in [-0.2, 0) is 11.3 Å². The molecule has 1 saturated heterocycles. The lowest BCUT2D eigenvalue weighted by molar-refractivity contribution is -0.122. The van der Waals surface area contributed by atoms with E-state index < -0.39 is 0 Å². The Hall–Kier alpha value is -0.910. The highest BCUT2D eigenvalue weighted by Crippen LogP contribution is 2.08. The van der Waals surface area contributed by atoms with Crippen LogP contribution in [0.3, 0.4) is 0 Å². The summed E-state index contributed by atoms with van der Waals surface area (Å²) in [6.07, 6.45) is 0.998. The second-order valence-electron chi connectivity index (χ2n) is 4.14. The second-order valence-corrected chi connectivity index (χ2v) is 5.17. The minimum Gasteiger partial charge on any atom is -0.350 e. The number of amides is 1. The molecule has 5 heteroatoms. The molecule has 1 aliphatic rings. The van der Waals surface area contributed by atoms with E-state index >= 15 is 0 Å². The Morgan fingerprint density at radius 1 is 1.69 bits per heavy atom. The van der Waals surface area contributed by atoms with Crippen molar-refractivity contribution in [3.8, 4) is 0 Å². The summed E-state index contributed by atoms with van der Waals surface area (Å²) in [6.45, 7) is 2.88. The van der Waals surface area contributed by atoms with Crippen LogP contribution in [0.5, 0.6) is 0 Å². The Morgan fingerprint density at radius 3 is 3.19 bits per heavy atom. The van der Waals surface area contributed by atoms with Gasteiger partial charge in [-0.25, -0.2) is 0 Å². The van der Waals surface area contributed by atoms with Gasteiger partial charge in [0.1, 0.15) is 0 Å². The second kappa shape index (κ2) is 5.43. The summed E-state index contributed by atoms with van der Waals surface area (Å²) in [6, 6.07) is 4.26. The Bertz CT molecular complexity index is 339. The summed E-state index contributed by atoms with van der Waals surface area (Å²) in [5, 5.41) is 4.93. The van der Waals surface area contributed by atoms with Crippen LogP contribution in [0.4, 0.5) is 0 Å². The lowest BCUT2D eigenvalue weighted by Crippen LogP contribution is -2.36. The molecule has 1 fully saturated rings. The van der Waals surface area contributed by atoms with Gasteiger partial charge in [0.05, 0.1) is 13.1 Å². The minimum absolute atomic E-state index is 0.0856. The van der Waals surface area contributed by atoms with Crippen molar-refractivity contribution < 1.29 is 4.79 Å². The molecule has 2 rings (SSSR count). The number of nitrogens with zero attached hydrogens (tertiary/aromatic N) is 1. The molecule has 0 aliphatic carbocycles. The smallest absolute Gasteiger partial charge is 0.234 e. The van der Waals surface area contributed by atoms with Gasteiger partial charge in [-0.15, -0.1) is 11.3 Å². The SMILES string of the molecule is N[C@@H]1CCN(CC(=O)NCc2cccs2)C1. The number of thiophene rings is 1. The third-order valence-corrected chi connectivity index (χ3v) is 3.59. The van der Waals surface area contributed by atoms with Gasteiger partial charge in [0, 0.05) is 24.0 Å². The molecule has 16 heavy (non-hydrogen) atoms. The molecule has 1 aromatic rings. The van der Waals surface area contributed by atoms with Gasteiger partial charge < -0.3 is 11.1 Å². The van der Waals surface area contributed by atoms with E-state index in [1.165, 1.54) is 4.88 Å². The summed E-state index contributed by atoms with van der Waals surface area (Å²) in [5.41, 5.74) is 5.78. The summed E-state index contributed by atoms with van der Waals surface area (Å²) in [7, 11) is 0. The van der Waals surface area contributed by atoms with Crippen molar-refractivity contribution in [2.75, 3.05) is 19.6 Å². The van der Waals surface area contributed by atoms with Crippen molar-refractivity contribution in [1.82, 2.24) is 10.2 Å². The molecule has 3 N–H and O–H groups in total. The molecule has 0 aromatic carbocycles. The van der Waals surface area contributed by atoms with Crippen LogP contribution in [0.1, 0.15) is 11.3 Å². The van der Waals surface area contributed by atoms with E-state index in [1.54, 1.807) is 11.3 Å². The van der Waals surface area contributed by atoms with Crippen molar-refractivity contribution in [1.29, 1.82) is 0 Å². The number of nitrogens with two attached hydrogens (primary N) is 1. The molecule has 4 nitrogen and oxygen atoms in total. The van der Waals surface area contributed by atoms with Crippen LogP contribution >= 0.6 is 11.3 Å². The van der Waals surface area contributed by atoms with Crippen molar-refractivity contribution in [3.05, 3.63) is 22.4 Å². The van der Waals surface area contributed by atoms with Gasteiger partial charge in [-0.2, -0.15) is 0 Å². The fourth-order valence-electron chi connectivity index (χ4n) is 1.86. The minimum atomic E-state index is 0.0856. The summed E-state index contributed by atoms with van der Waals surface area (Å²) in [4.78, 5) is 14.9. The van der Waals surface area contributed by atoms with Crippen molar-refractivity contribution in [2.45, 2.75) is 19.0 Å². The van der Waals surface area contributed by atoms with E-state index in [-0.39, 0.29) is 11.9 Å². The first-order valence-corrected chi connectivity index (χ1v) is 6.39. The highest BCUT2D eigenvalue weighted by Gasteiger charge is 2.20. The van der Waals surface area contributed by atoms with Crippen LogP contribution in [0, 0.1) is 0 Å². The maximum Gasteiger partial charge on any atom is 0.234 e. The molecule has 1 atom stereocenters. The van der Waals surface area contributed by atoms with E-state index in [9.17, 15) is 4.79 Å². The lowest BCUT2D eigenvalue weighted by atomic mass is 10.3. The van der Waals surface area contributed by atoms with E-state index in [1.807, 2.05) is 17.5 Å². The van der Waals surface area contributed by atoms with Gasteiger partial charge in [0.25, 0.3) is 0 Å². The van der Waals surface area contributed by atoms with Gasteiger partial charge in [-0.05, 0) is 17.9 Å².